The summed E-state index contributed by atoms with van der Waals surface area (Å²) in [5, 5.41) is 55.8. The summed E-state index contributed by atoms with van der Waals surface area (Å²) in [6, 6.07) is 14.7. The molecule has 0 bridgehead atoms. The Balaban J connectivity index is -0.000000166. The third kappa shape index (κ3) is 21.0. The molecular formula is C28H33N3O17. The van der Waals surface area contributed by atoms with E-state index in [1.54, 1.807) is 26.0 Å². The van der Waals surface area contributed by atoms with Crippen molar-refractivity contribution < 1.29 is 69.8 Å². The van der Waals surface area contributed by atoms with E-state index in [1.807, 2.05) is 6.07 Å². The number of carbonyl (C=O) groups is 4. The number of nitro benzene ring substituents is 3. The van der Waals surface area contributed by atoms with E-state index < -0.39 is 27.8 Å². The van der Waals surface area contributed by atoms with E-state index >= 15 is 0 Å². The van der Waals surface area contributed by atoms with Crippen LogP contribution in [0, 0.1) is 51.1 Å². The zero-order valence-corrected chi connectivity index (χ0v) is 25.9. The summed E-state index contributed by atoms with van der Waals surface area (Å²) in [7, 11) is 0. The molecule has 0 heterocycles. The fourth-order valence-electron chi connectivity index (χ4n) is 2.98. The SMILES string of the molecule is CC(=O)O.CC=O.Cc1cccc(C(=O)O)c1[N+](=O)[O-].Cc1cccc(C)c1[N+](=O)[O-].O.O.O=C(O)c1ccccc1[N+](=O)[O-].O=C=O. The summed E-state index contributed by atoms with van der Waals surface area (Å²) in [4.78, 5) is 84.5. The molecule has 0 aliphatic rings. The third-order valence-electron chi connectivity index (χ3n) is 4.60. The van der Waals surface area contributed by atoms with E-state index in [9.17, 15) is 39.9 Å². The van der Waals surface area contributed by atoms with Gasteiger partial charge >= 0.3 is 18.1 Å². The minimum atomic E-state index is -1.29. The molecule has 3 aromatic rings. The van der Waals surface area contributed by atoms with Crippen molar-refractivity contribution in [3.63, 3.8) is 0 Å². The van der Waals surface area contributed by atoms with Crippen LogP contribution in [0.15, 0.2) is 60.7 Å². The number of rotatable bonds is 5. The van der Waals surface area contributed by atoms with Crippen LogP contribution in [0.2, 0.25) is 0 Å². The molecule has 3 rings (SSSR count). The van der Waals surface area contributed by atoms with Crippen LogP contribution in [0.3, 0.4) is 0 Å². The molecule has 262 valence electrons. The fourth-order valence-corrected chi connectivity index (χ4v) is 2.98. The van der Waals surface area contributed by atoms with Crippen LogP contribution in [0.25, 0.3) is 0 Å². The zero-order valence-electron chi connectivity index (χ0n) is 25.9. The van der Waals surface area contributed by atoms with Crippen molar-refractivity contribution in [3.05, 3.63) is 119 Å². The molecule has 48 heavy (non-hydrogen) atoms. The number of nitrogens with zero attached hydrogens (tertiary/aromatic N) is 3. The maximum absolute atomic E-state index is 10.6. The van der Waals surface area contributed by atoms with Gasteiger partial charge in [0.15, 0.2) is 0 Å². The second-order valence-electron chi connectivity index (χ2n) is 7.95. The molecule has 0 spiro atoms. The Morgan fingerprint density at radius 3 is 1.19 bits per heavy atom. The van der Waals surface area contributed by atoms with Crippen LogP contribution >= 0.6 is 0 Å². The maximum Gasteiger partial charge on any atom is 0.373 e. The summed E-state index contributed by atoms with van der Waals surface area (Å²) in [5.41, 5.74) is 0.731. The zero-order chi connectivity index (χ0) is 36.6. The molecule has 20 heteroatoms. The minimum Gasteiger partial charge on any atom is -0.481 e. The molecule has 0 aliphatic carbocycles. The summed E-state index contributed by atoms with van der Waals surface area (Å²) in [6.07, 6.45) is 1.00. The second-order valence-corrected chi connectivity index (χ2v) is 7.95. The van der Waals surface area contributed by atoms with Crippen molar-refractivity contribution in [2.24, 2.45) is 0 Å². The predicted molar refractivity (Wildman–Crippen MR) is 165 cm³/mol. The highest BCUT2D eigenvalue weighted by molar-refractivity contribution is 5.93. The molecule has 0 saturated carbocycles. The van der Waals surface area contributed by atoms with Gasteiger partial charge in [0.25, 0.3) is 23.0 Å². The lowest BCUT2D eigenvalue weighted by molar-refractivity contribution is -0.386. The highest BCUT2D eigenvalue weighted by Crippen LogP contribution is 2.23. The highest BCUT2D eigenvalue weighted by Gasteiger charge is 2.21. The average molecular weight is 684 g/mol. The smallest absolute Gasteiger partial charge is 0.373 e. The molecule has 0 unspecified atom stereocenters. The van der Waals surface area contributed by atoms with Crippen LogP contribution in [-0.4, -0.2) is 71.4 Å². The van der Waals surface area contributed by atoms with Crippen molar-refractivity contribution in [1.29, 1.82) is 0 Å². The first-order valence-electron chi connectivity index (χ1n) is 12.1. The number of aromatic carboxylic acids is 2. The lowest BCUT2D eigenvalue weighted by Gasteiger charge is -1.99. The van der Waals surface area contributed by atoms with Gasteiger partial charge in [0.05, 0.1) is 14.8 Å². The second kappa shape index (κ2) is 27.8. The van der Waals surface area contributed by atoms with Gasteiger partial charge in [-0.15, -0.1) is 0 Å². The number of aryl methyl sites for hydroxylation is 3. The van der Waals surface area contributed by atoms with Crippen molar-refractivity contribution in [2.75, 3.05) is 0 Å². The number of aldehydes is 1. The quantitative estimate of drug-likeness (QED) is 0.197. The molecule has 0 radical (unpaired) electrons. The van der Waals surface area contributed by atoms with Gasteiger partial charge in [-0.2, -0.15) is 9.59 Å². The minimum absolute atomic E-state index is 0. The van der Waals surface area contributed by atoms with Crippen molar-refractivity contribution in [3.8, 4) is 0 Å². The van der Waals surface area contributed by atoms with Crippen LogP contribution in [0.4, 0.5) is 17.1 Å². The van der Waals surface area contributed by atoms with Gasteiger partial charge in [-0.1, -0.05) is 42.5 Å². The molecular weight excluding hydrogens is 650 g/mol. The number of hydrogen-bond acceptors (Lipinski definition) is 12. The fraction of sp³-hybridized carbons (Fsp3) is 0.179. The number of carboxylic acid groups (broad SMARTS) is 3. The lowest BCUT2D eigenvalue weighted by Crippen LogP contribution is -2.03. The van der Waals surface area contributed by atoms with E-state index in [0.717, 1.165) is 30.4 Å². The summed E-state index contributed by atoms with van der Waals surface area (Å²) in [5.74, 6) is -3.40. The molecule has 0 aliphatic heterocycles. The molecule has 20 nitrogen and oxygen atoms in total. The first-order chi connectivity index (χ1) is 21.3. The Bertz CT molecular complexity index is 1510. The maximum atomic E-state index is 10.6. The number of nitro groups is 3. The van der Waals surface area contributed by atoms with Crippen LogP contribution in [0.1, 0.15) is 51.3 Å². The Morgan fingerprint density at radius 2 is 0.938 bits per heavy atom. The standard InChI is InChI=1S/C8H7NO4.C8H9NO2.C7H5NO4.C2H4O2.C2H4O.CO2.2H2O/c1-5-3-2-4-6(8(10)11)7(5)9(12)13;1-6-4-3-5-7(2)8(6)9(10)11;9-7(10)5-3-1-2-4-6(5)8(11)12;1-2(3)4;1-2-3;2-1-3;;/h2-4H,1H3,(H,10,11);3-5H,1-2H3;1-4H,(H,9,10);1H3,(H,3,4);2H,1H3;;2*1H2. The number of benzene rings is 3. The van der Waals surface area contributed by atoms with E-state index in [4.69, 9.17) is 34.5 Å². The number of hydrogen-bond donors (Lipinski definition) is 3. The van der Waals surface area contributed by atoms with Crippen LogP contribution in [0.5, 0.6) is 0 Å². The van der Waals surface area contributed by atoms with Crippen molar-refractivity contribution in [2.45, 2.75) is 34.6 Å². The Morgan fingerprint density at radius 1 is 0.646 bits per heavy atom. The van der Waals surface area contributed by atoms with Gasteiger partial charge in [0.2, 0.25) is 0 Å². The van der Waals surface area contributed by atoms with Gasteiger partial charge in [-0.25, -0.2) is 9.59 Å². The Hall–Kier alpha value is -6.76. The largest absolute Gasteiger partial charge is 0.481 e. The molecule has 0 amide bonds. The topological polar surface area (TPSA) is 356 Å². The molecule has 0 fully saturated rings. The van der Waals surface area contributed by atoms with Gasteiger partial charge in [-0.3, -0.25) is 35.1 Å². The van der Waals surface area contributed by atoms with Crippen molar-refractivity contribution >= 4 is 47.4 Å². The predicted octanol–water partition coefficient (Wildman–Crippen LogP) is 3.17. The first-order valence-corrected chi connectivity index (χ1v) is 12.1. The van der Waals surface area contributed by atoms with E-state index in [-0.39, 0.29) is 50.2 Å². The van der Waals surface area contributed by atoms with Gasteiger partial charge in [0.1, 0.15) is 17.4 Å². The average Bonchev–Trinajstić information content (AvgIpc) is 2.93. The normalized spacial score (nSPS) is 8.10. The third-order valence-corrected chi connectivity index (χ3v) is 4.60. The highest BCUT2D eigenvalue weighted by atomic mass is 16.6. The van der Waals surface area contributed by atoms with Gasteiger partial charge in [0, 0.05) is 29.7 Å². The number of carbonyl (C=O) groups excluding carboxylic acids is 3. The van der Waals surface area contributed by atoms with E-state index in [1.165, 1.54) is 50.2 Å². The van der Waals surface area contributed by atoms with Crippen molar-refractivity contribution in [1.82, 2.24) is 0 Å². The molecule has 7 N–H and O–H groups in total. The Kier molecular flexibility index (Phi) is 29.4. The molecule has 0 atom stereocenters. The molecule has 3 aromatic carbocycles. The number of aliphatic carboxylic acids is 1. The Labute approximate surface area is 270 Å². The van der Waals surface area contributed by atoms with Crippen LogP contribution in [-0.2, 0) is 19.2 Å². The monoisotopic (exact) mass is 683 g/mol. The summed E-state index contributed by atoms with van der Waals surface area (Å²) in [6.45, 7) is 7.51. The van der Waals surface area contributed by atoms with Crippen LogP contribution < -0.4 is 0 Å². The molecule has 0 aromatic heterocycles. The van der Waals surface area contributed by atoms with E-state index in [0.29, 0.717) is 5.56 Å². The molecule has 0 saturated heterocycles. The lowest BCUT2D eigenvalue weighted by atomic mass is 10.1. The number of para-hydroxylation sites is 3. The van der Waals surface area contributed by atoms with E-state index in [2.05, 4.69) is 0 Å². The first kappa shape index (κ1) is 50.8. The van der Waals surface area contributed by atoms with Gasteiger partial charge < -0.3 is 31.1 Å². The van der Waals surface area contributed by atoms with Gasteiger partial charge in [-0.05, 0) is 39.8 Å². The summed E-state index contributed by atoms with van der Waals surface area (Å²) >= 11 is 0. The summed E-state index contributed by atoms with van der Waals surface area (Å²) < 4.78 is 0. The number of carboxylic acids is 3.